The highest BCUT2D eigenvalue weighted by atomic mass is 79.9. The van der Waals surface area contributed by atoms with Crippen molar-refractivity contribution in [1.82, 2.24) is 5.16 Å². The van der Waals surface area contributed by atoms with E-state index in [0.717, 1.165) is 26.7 Å². The van der Waals surface area contributed by atoms with Crippen LogP contribution in [0, 0.1) is 6.92 Å². The predicted octanol–water partition coefficient (Wildman–Crippen LogP) is 4.57. The van der Waals surface area contributed by atoms with Gasteiger partial charge >= 0.3 is 0 Å². The highest BCUT2D eigenvalue weighted by Crippen LogP contribution is 2.33. The fourth-order valence-electron chi connectivity index (χ4n) is 1.96. The van der Waals surface area contributed by atoms with Gasteiger partial charge in [-0.3, -0.25) is 0 Å². The number of halogens is 1. The maximum atomic E-state index is 5.39. The first kappa shape index (κ1) is 10.5. The van der Waals surface area contributed by atoms with Crippen molar-refractivity contribution in [2.24, 2.45) is 0 Å². The molecule has 0 aliphatic rings. The molecule has 2 nitrogen and oxygen atoms in total. The molecule has 0 N–H and O–H groups in total. The maximum Gasteiger partial charge on any atom is 0.181 e. The van der Waals surface area contributed by atoms with Crippen molar-refractivity contribution in [3.63, 3.8) is 0 Å². The van der Waals surface area contributed by atoms with Gasteiger partial charge in [-0.05, 0) is 40.5 Å². The Kier molecular flexibility index (Phi) is 2.48. The molecule has 0 bridgehead atoms. The lowest BCUT2D eigenvalue weighted by Gasteiger charge is -2.01. The van der Waals surface area contributed by atoms with E-state index in [-0.39, 0.29) is 0 Å². The number of benzene rings is 2. The zero-order valence-electron chi connectivity index (χ0n) is 9.27. The third kappa shape index (κ3) is 1.67. The van der Waals surface area contributed by atoms with E-state index < -0.39 is 0 Å². The van der Waals surface area contributed by atoms with E-state index >= 15 is 0 Å². The van der Waals surface area contributed by atoms with E-state index in [9.17, 15) is 0 Å². The molecular formula is C14H10BrNO. The normalized spacial score (nSPS) is 10.9. The van der Waals surface area contributed by atoms with Crippen LogP contribution in [-0.2, 0) is 0 Å². The number of aromatic nitrogens is 1. The van der Waals surface area contributed by atoms with Crippen molar-refractivity contribution in [3.8, 4) is 11.3 Å². The van der Waals surface area contributed by atoms with E-state index in [1.54, 1.807) is 0 Å². The largest absolute Gasteiger partial charge is 0.354 e. The summed E-state index contributed by atoms with van der Waals surface area (Å²) in [5.41, 5.74) is 4.01. The first-order valence-electron chi connectivity index (χ1n) is 5.37. The Morgan fingerprint density at radius 3 is 2.71 bits per heavy atom. The van der Waals surface area contributed by atoms with Gasteiger partial charge in [0.1, 0.15) is 5.69 Å². The zero-order valence-corrected chi connectivity index (χ0v) is 10.9. The van der Waals surface area contributed by atoms with Crippen LogP contribution in [0.15, 0.2) is 51.5 Å². The summed E-state index contributed by atoms with van der Waals surface area (Å²) in [6, 6.07) is 14.2. The van der Waals surface area contributed by atoms with E-state index in [1.165, 1.54) is 5.56 Å². The number of hydrogen-bond acceptors (Lipinski definition) is 2. The topological polar surface area (TPSA) is 26.0 Å². The van der Waals surface area contributed by atoms with Gasteiger partial charge in [-0.15, -0.1) is 0 Å². The van der Waals surface area contributed by atoms with Crippen LogP contribution in [0.2, 0.25) is 0 Å². The summed E-state index contributed by atoms with van der Waals surface area (Å²) in [5, 5.41) is 5.22. The van der Waals surface area contributed by atoms with Crippen LogP contribution in [0.5, 0.6) is 0 Å². The molecule has 84 valence electrons. The van der Waals surface area contributed by atoms with Gasteiger partial charge in [0.05, 0.1) is 9.86 Å². The van der Waals surface area contributed by atoms with E-state index in [2.05, 4.69) is 40.1 Å². The van der Waals surface area contributed by atoms with E-state index in [4.69, 9.17) is 4.52 Å². The summed E-state index contributed by atoms with van der Waals surface area (Å²) in [5.74, 6) is 0. The second kappa shape index (κ2) is 4.00. The fourth-order valence-corrected chi connectivity index (χ4v) is 2.40. The average Bonchev–Trinajstić information content (AvgIpc) is 2.75. The molecule has 0 spiro atoms. The predicted molar refractivity (Wildman–Crippen MR) is 71.9 cm³/mol. The summed E-state index contributed by atoms with van der Waals surface area (Å²) in [6.45, 7) is 2.08. The molecular weight excluding hydrogens is 278 g/mol. The third-order valence-corrected chi connectivity index (χ3v) is 3.47. The molecule has 0 aliphatic heterocycles. The van der Waals surface area contributed by atoms with Crippen molar-refractivity contribution < 1.29 is 4.52 Å². The molecule has 2 aromatic carbocycles. The summed E-state index contributed by atoms with van der Waals surface area (Å²) < 4.78 is 6.33. The van der Waals surface area contributed by atoms with Crippen molar-refractivity contribution in [1.29, 1.82) is 0 Å². The molecule has 0 aliphatic carbocycles. The van der Waals surface area contributed by atoms with E-state index in [1.807, 2.05) is 30.3 Å². The lowest BCUT2D eigenvalue weighted by atomic mass is 10.0. The van der Waals surface area contributed by atoms with Crippen molar-refractivity contribution >= 4 is 26.9 Å². The maximum absolute atomic E-state index is 5.39. The molecule has 0 saturated heterocycles. The van der Waals surface area contributed by atoms with Crippen LogP contribution in [0.4, 0.5) is 0 Å². The Labute approximate surface area is 107 Å². The molecule has 1 heterocycles. The minimum Gasteiger partial charge on any atom is -0.354 e. The summed E-state index contributed by atoms with van der Waals surface area (Å²) in [6.07, 6.45) is 0. The minimum atomic E-state index is 0.797. The number of aryl methyl sites for hydroxylation is 1. The molecule has 1 aromatic heterocycles. The summed E-state index contributed by atoms with van der Waals surface area (Å²) in [4.78, 5) is 0. The first-order chi connectivity index (χ1) is 8.27. The summed E-state index contributed by atoms with van der Waals surface area (Å²) >= 11 is 3.47. The van der Waals surface area contributed by atoms with Gasteiger partial charge in [-0.25, -0.2) is 0 Å². The van der Waals surface area contributed by atoms with Crippen LogP contribution in [0.1, 0.15) is 5.56 Å². The molecule has 0 amide bonds. The smallest absolute Gasteiger partial charge is 0.181 e. The number of para-hydroxylation sites is 1. The van der Waals surface area contributed by atoms with Crippen LogP contribution >= 0.6 is 15.9 Å². The van der Waals surface area contributed by atoms with Gasteiger partial charge in [0.15, 0.2) is 5.58 Å². The molecule has 3 heteroatoms. The molecule has 0 fully saturated rings. The van der Waals surface area contributed by atoms with Gasteiger partial charge in [-0.1, -0.05) is 35.5 Å². The Morgan fingerprint density at radius 2 is 1.88 bits per heavy atom. The number of hydrogen-bond donors (Lipinski definition) is 0. The minimum absolute atomic E-state index is 0.797. The van der Waals surface area contributed by atoms with Crippen LogP contribution in [0.25, 0.3) is 22.2 Å². The second-order valence-electron chi connectivity index (χ2n) is 3.96. The Morgan fingerprint density at radius 1 is 1.06 bits per heavy atom. The summed E-state index contributed by atoms with van der Waals surface area (Å²) in [7, 11) is 0. The molecule has 0 radical (unpaired) electrons. The SMILES string of the molecule is Cc1ccccc1-c1noc2c(Br)cccc12. The molecule has 3 rings (SSSR count). The van der Waals surface area contributed by atoms with E-state index in [0.29, 0.717) is 0 Å². The molecule has 0 atom stereocenters. The average molecular weight is 288 g/mol. The fraction of sp³-hybridized carbons (Fsp3) is 0.0714. The number of rotatable bonds is 1. The second-order valence-corrected chi connectivity index (χ2v) is 4.82. The van der Waals surface area contributed by atoms with Crippen LogP contribution < -0.4 is 0 Å². The van der Waals surface area contributed by atoms with Gasteiger partial charge < -0.3 is 4.52 Å². The van der Waals surface area contributed by atoms with Gasteiger partial charge in [0.25, 0.3) is 0 Å². The van der Waals surface area contributed by atoms with Crippen molar-refractivity contribution in [2.75, 3.05) is 0 Å². The Hall–Kier alpha value is -1.61. The highest BCUT2D eigenvalue weighted by Gasteiger charge is 2.13. The van der Waals surface area contributed by atoms with Crippen LogP contribution in [-0.4, -0.2) is 5.16 Å². The molecule has 0 saturated carbocycles. The van der Waals surface area contributed by atoms with Crippen molar-refractivity contribution in [2.45, 2.75) is 6.92 Å². The Balaban J connectivity index is 2.33. The highest BCUT2D eigenvalue weighted by molar-refractivity contribution is 9.10. The lowest BCUT2D eigenvalue weighted by Crippen LogP contribution is -1.82. The van der Waals surface area contributed by atoms with Gasteiger partial charge in [0, 0.05) is 5.56 Å². The van der Waals surface area contributed by atoms with Crippen molar-refractivity contribution in [3.05, 3.63) is 52.5 Å². The first-order valence-corrected chi connectivity index (χ1v) is 6.16. The molecule has 0 unspecified atom stereocenters. The quantitative estimate of drug-likeness (QED) is 0.655. The zero-order chi connectivity index (χ0) is 11.8. The third-order valence-electron chi connectivity index (χ3n) is 2.85. The molecule has 17 heavy (non-hydrogen) atoms. The molecule has 3 aromatic rings. The number of nitrogens with zero attached hydrogens (tertiary/aromatic N) is 1. The van der Waals surface area contributed by atoms with Crippen LogP contribution in [0.3, 0.4) is 0 Å². The lowest BCUT2D eigenvalue weighted by molar-refractivity contribution is 0.458. The van der Waals surface area contributed by atoms with Gasteiger partial charge in [0.2, 0.25) is 0 Å². The monoisotopic (exact) mass is 287 g/mol. The Bertz CT molecular complexity index is 688. The van der Waals surface area contributed by atoms with Gasteiger partial charge in [-0.2, -0.15) is 0 Å². The standard InChI is InChI=1S/C14H10BrNO/c1-9-5-2-3-6-10(9)13-11-7-4-8-12(15)14(11)17-16-13/h2-8H,1H3. The number of fused-ring (bicyclic) bond motifs is 1.